The van der Waals surface area contributed by atoms with Crippen LogP contribution in [-0.2, 0) is 18.4 Å². The third kappa shape index (κ3) is 5.21. The predicted molar refractivity (Wildman–Crippen MR) is 131 cm³/mol. The molecule has 0 radical (unpaired) electrons. The highest BCUT2D eigenvalue weighted by molar-refractivity contribution is 6.13. The number of aromatic nitrogens is 2. The number of carbonyl (C=O) groups excluding carboxylic acids is 1. The topological polar surface area (TPSA) is 102 Å². The van der Waals surface area contributed by atoms with E-state index in [1.165, 1.54) is 36.8 Å². The standard InChI is InChI=1S/C25H32FN5O2/c1-5-19(26)12-18(14-32)22(27)28-13-17-10-16(3)11-20-21(17)30-24(31(4)23(20)33)29-15-25(6-2)8-7-9-25/h5,10-12,14H,6-9,13,15H2,1-4H3,(H2,27,28)(H,29,30)/b18-12-,19-5+. The van der Waals surface area contributed by atoms with Gasteiger partial charge < -0.3 is 11.1 Å². The van der Waals surface area contributed by atoms with Gasteiger partial charge in [0.1, 0.15) is 11.7 Å². The van der Waals surface area contributed by atoms with Gasteiger partial charge in [0.05, 0.1) is 23.0 Å². The van der Waals surface area contributed by atoms with Gasteiger partial charge in [-0.05, 0) is 56.2 Å². The smallest absolute Gasteiger partial charge is 0.262 e. The van der Waals surface area contributed by atoms with Gasteiger partial charge in [-0.1, -0.05) is 25.5 Å². The van der Waals surface area contributed by atoms with E-state index in [0.29, 0.717) is 28.7 Å². The van der Waals surface area contributed by atoms with E-state index in [4.69, 9.17) is 10.7 Å². The fourth-order valence-electron chi connectivity index (χ4n) is 4.15. The van der Waals surface area contributed by atoms with Crippen LogP contribution in [0.5, 0.6) is 0 Å². The molecular formula is C25H32FN5O2. The van der Waals surface area contributed by atoms with Crippen LogP contribution in [0.15, 0.2) is 45.5 Å². The SMILES string of the molecule is C/C=C(F)\C=C(\C=O)C(N)=NCc1cc(C)cc2c(=O)n(C)c(NCC3(CC)CCC3)nc12. The first-order chi connectivity index (χ1) is 15.7. The number of rotatable bonds is 9. The highest BCUT2D eigenvalue weighted by atomic mass is 19.1. The van der Waals surface area contributed by atoms with Crippen LogP contribution in [0, 0.1) is 12.3 Å². The molecule has 0 aliphatic heterocycles. The number of allylic oxidation sites excluding steroid dienone is 3. The van der Waals surface area contributed by atoms with Crippen molar-refractivity contribution in [2.75, 3.05) is 11.9 Å². The highest BCUT2D eigenvalue weighted by Crippen LogP contribution is 2.43. The maximum Gasteiger partial charge on any atom is 0.262 e. The summed E-state index contributed by atoms with van der Waals surface area (Å²) >= 11 is 0. The van der Waals surface area contributed by atoms with Crippen molar-refractivity contribution >= 4 is 29.0 Å². The Bertz CT molecular complexity index is 1200. The molecule has 1 aromatic heterocycles. The van der Waals surface area contributed by atoms with Crippen LogP contribution in [0.1, 0.15) is 50.7 Å². The number of nitrogens with one attached hydrogen (secondary N) is 1. The summed E-state index contributed by atoms with van der Waals surface area (Å²) in [4.78, 5) is 33.5. The summed E-state index contributed by atoms with van der Waals surface area (Å²) in [6, 6.07) is 3.70. The van der Waals surface area contributed by atoms with E-state index in [1.54, 1.807) is 7.05 Å². The molecule has 0 saturated heterocycles. The van der Waals surface area contributed by atoms with E-state index in [0.717, 1.165) is 24.6 Å². The Labute approximate surface area is 193 Å². The molecule has 1 aliphatic rings. The van der Waals surface area contributed by atoms with Crippen molar-refractivity contribution in [3.05, 3.63) is 57.2 Å². The number of nitrogens with zero attached hydrogens (tertiary/aromatic N) is 3. The minimum atomic E-state index is -0.576. The van der Waals surface area contributed by atoms with Crippen molar-refractivity contribution in [1.29, 1.82) is 0 Å². The molecule has 33 heavy (non-hydrogen) atoms. The Hall–Kier alpha value is -3.29. The highest BCUT2D eigenvalue weighted by Gasteiger charge is 2.35. The van der Waals surface area contributed by atoms with Crippen molar-refractivity contribution < 1.29 is 9.18 Å². The Kier molecular flexibility index (Phi) is 7.46. The molecule has 1 saturated carbocycles. The number of hydrogen-bond donors (Lipinski definition) is 2. The molecule has 1 aromatic carbocycles. The maximum absolute atomic E-state index is 13.6. The summed E-state index contributed by atoms with van der Waals surface area (Å²) in [5, 5.41) is 3.88. The number of aliphatic imine (C=N–C) groups is 1. The largest absolute Gasteiger partial charge is 0.383 e. The fraction of sp³-hybridized carbons (Fsp3) is 0.440. The van der Waals surface area contributed by atoms with Gasteiger partial charge in [-0.2, -0.15) is 0 Å². The zero-order chi connectivity index (χ0) is 24.2. The Morgan fingerprint density at radius 2 is 2.12 bits per heavy atom. The number of benzene rings is 1. The first-order valence-electron chi connectivity index (χ1n) is 11.3. The van der Waals surface area contributed by atoms with Crippen molar-refractivity contribution in [2.24, 2.45) is 23.2 Å². The quantitative estimate of drug-likeness (QED) is 0.196. The van der Waals surface area contributed by atoms with Gasteiger partial charge in [0.15, 0.2) is 6.29 Å². The van der Waals surface area contributed by atoms with Gasteiger partial charge >= 0.3 is 0 Å². The zero-order valence-electron chi connectivity index (χ0n) is 19.7. The molecule has 3 N–H and O–H groups in total. The van der Waals surface area contributed by atoms with Crippen molar-refractivity contribution in [3.8, 4) is 0 Å². The van der Waals surface area contributed by atoms with E-state index >= 15 is 0 Å². The lowest BCUT2D eigenvalue weighted by atomic mass is 9.67. The molecule has 0 bridgehead atoms. The first-order valence-corrected chi connectivity index (χ1v) is 11.3. The van der Waals surface area contributed by atoms with E-state index in [9.17, 15) is 14.0 Å². The number of halogens is 1. The summed E-state index contributed by atoms with van der Waals surface area (Å²) in [7, 11) is 1.71. The molecule has 1 aliphatic carbocycles. The first kappa shape index (κ1) is 24.4. The van der Waals surface area contributed by atoms with Gasteiger partial charge in [0.25, 0.3) is 5.56 Å². The average Bonchev–Trinajstić information content (AvgIpc) is 2.78. The Balaban J connectivity index is 1.99. The number of aryl methyl sites for hydroxylation is 1. The number of hydrogen-bond acceptors (Lipinski definition) is 5. The lowest BCUT2D eigenvalue weighted by molar-refractivity contribution is -0.104. The molecule has 0 unspecified atom stereocenters. The lowest BCUT2D eigenvalue weighted by Gasteiger charge is -2.41. The summed E-state index contributed by atoms with van der Waals surface area (Å²) in [5.74, 6) is -0.139. The predicted octanol–water partition coefficient (Wildman–Crippen LogP) is 4.09. The Morgan fingerprint density at radius 1 is 1.39 bits per heavy atom. The molecule has 2 aromatic rings. The summed E-state index contributed by atoms with van der Waals surface area (Å²) in [5.41, 5.74) is 8.15. The molecule has 0 amide bonds. The van der Waals surface area contributed by atoms with Crippen molar-refractivity contribution in [3.63, 3.8) is 0 Å². The van der Waals surface area contributed by atoms with E-state index in [-0.39, 0.29) is 28.9 Å². The third-order valence-corrected chi connectivity index (χ3v) is 6.60. The molecule has 3 rings (SSSR count). The van der Waals surface area contributed by atoms with E-state index < -0.39 is 5.83 Å². The molecule has 8 heteroatoms. The van der Waals surface area contributed by atoms with Crippen LogP contribution in [-0.4, -0.2) is 28.2 Å². The van der Waals surface area contributed by atoms with E-state index in [1.807, 2.05) is 19.1 Å². The summed E-state index contributed by atoms with van der Waals surface area (Å²) in [6.45, 7) is 6.48. The van der Waals surface area contributed by atoms with Crippen LogP contribution in [0.4, 0.5) is 10.3 Å². The van der Waals surface area contributed by atoms with Crippen LogP contribution in [0.25, 0.3) is 10.9 Å². The summed E-state index contributed by atoms with van der Waals surface area (Å²) in [6.07, 6.45) is 7.41. The van der Waals surface area contributed by atoms with E-state index in [2.05, 4.69) is 17.2 Å². The lowest BCUT2D eigenvalue weighted by Crippen LogP contribution is -2.37. The zero-order valence-corrected chi connectivity index (χ0v) is 19.7. The molecule has 0 spiro atoms. The van der Waals surface area contributed by atoms with Crippen molar-refractivity contribution in [1.82, 2.24) is 9.55 Å². The molecule has 7 nitrogen and oxygen atoms in total. The normalized spacial score (nSPS) is 16.6. The number of amidine groups is 1. The third-order valence-electron chi connectivity index (χ3n) is 6.60. The van der Waals surface area contributed by atoms with Crippen LogP contribution < -0.4 is 16.6 Å². The van der Waals surface area contributed by atoms with Crippen LogP contribution >= 0.6 is 0 Å². The number of fused-ring (bicyclic) bond motifs is 1. The van der Waals surface area contributed by atoms with Gasteiger partial charge in [0, 0.05) is 19.2 Å². The Morgan fingerprint density at radius 3 is 2.70 bits per heavy atom. The number of nitrogens with two attached hydrogens (primary N) is 1. The molecule has 0 atom stereocenters. The molecular weight excluding hydrogens is 421 g/mol. The molecule has 1 heterocycles. The van der Waals surface area contributed by atoms with Crippen LogP contribution in [0.2, 0.25) is 0 Å². The minimum absolute atomic E-state index is 0.0425. The second kappa shape index (κ2) is 10.1. The van der Waals surface area contributed by atoms with Crippen LogP contribution in [0.3, 0.4) is 0 Å². The molecule has 1 fully saturated rings. The number of aldehydes is 1. The minimum Gasteiger partial charge on any atom is -0.383 e. The van der Waals surface area contributed by atoms with Gasteiger partial charge in [-0.15, -0.1) is 0 Å². The monoisotopic (exact) mass is 453 g/mol. The maximum atomic E-state index is 13.6. The van der Waals surface area contributed by atoms with Gasteiger partial charge in [-0.3, -0.25) is 19.1 Å². The van der Waals surface area contributed by atoms with Gasteiger partial charge in [-0.25, -0.2) is 9.37 Å². The van der Waals surface area contributed by atoms with Gasteiger partial charge in [0.2, 0.25) is 5.95 Å². The second-order valence-corrected chi connectivity index (χ2v) is 8.77. The number of carbonyl (C=O) groups is 1. The number of anilines is 1. The van der Waals surface area contributed by atoms with Crippen molar-refractivity contribution in [2.45, 2.75) is 53.0 Å². The second-order valence-electron chi connectivity index (χ2n) is 8.77. The fourth-order valence-corrected chi connectivity index (χ4v) is 4.15. The molecule has 176 valence electrons. The average molecular weight is 454 g/mol. The summed E-state index contributed by atoms with van der Waals surface area (Å²) < 4.78 is 15.1.